The van der Waals surface area contributed by atoms with Gasteiger partial charge in [0.1, 0.15) is 0 Å². The Morgan fingerprint density at radius 2 is 2.10 bits per heavy atom. The van der Waals surface area contributed by atoms with Crippen molar-refractivity contribution in [1.82, 2.24) is 20.0 Å². The highest BCUT2D eigenvalue weighted by Gasteiger charge is 2.43. The first kappa shape index (κ1) is 15.5. The van der Waals surface area contributed by atoms with E-state index < -0.39 is 0 Å². The summed E-state index contributed by atoms with van der Waals surface area (Å²) < 4.78 is 3.36. The van der Waals surface area contributed by atoms with Gasteiger partial charge in [0.2, 0.25) is 0 Å². The molecule has 0 aromatic carbocycles. The minimum Gasteiger partial charge on any atom is -0.311 e. The summed E-state index contributed by atoms with van der Waals surface area (Å²) in [6.45, 7) is 10.8. The maximum Gasteiger partial charge on any atom is 0.0739 e. The minimum atomic E-state index is 0.378. The van der Waals surface area contributed by atoms with Crippen molar-refractivity contribution in [3.8, 4) is 0 Å². The van der Waals surface area contributed by atoms with Crippen LogP contribution in [0.4, 0.5) is 0 Å². The average Bonchev–Trinajstić information content (AvgIpc) is 3.04. The molecule has 2 aliphatic rings. The summed E-state index contributed by atoms with van der Waals surface area (Å²) in [5.41, 5.74) is 2.83. The highest BCUT2D eigenvalue weighted by Crippen LogP contribution is 2.38. The molecule has 0 radical (unpaired) electrons. The summed E-state index contributed by atoms with van der Waals surface area (Å²) in [5, 5.41) is 8.36. The molecule has 21 heavy (non-hydrogen) atoms. The summed E-state index contributed by atoms with van der Waals surface area (Å²) in [6.07, 6.45) is 5.42. The van der Waals surface area contributed by atoms with Crippen LogP contribution < -0.4 is 5.32 Å². The van der Waals surface area contributed by atoms with Crippen LogP contribution in [0, 0.1) is 6.92 Å². The Morgan fingerprint density at radius 1 is 1.38 bits per heavy atom. The summed E-state index contributed by atoms with van der Waals surface area (Å²) in [5.74, 6) is 0. The fraction of sp³-hybridized carbons (Fsp3) is 0.812. The monoisotopic (exact) mass is 354 g/mol. The second kappa shape index (κ2) is 6.01. The summed E-state index contributed by atoms with van der Waals surface area (Å²) in [6, 6.07) is 0.578. The predicted octanol–water partition coefficient (Wildman–Crippen LogP) is 3.08. The van der Waals surface area contributed by atoms with Crippen LogP contribution in [-0.4, -0.2) is 39.4 Å². The topological polar surface area (TPSA) is 33.1 Å². The number of hydrogen-bond donors (Lipinski definition) is 1. The zero-order valence-corrected chi connectivity index (χ0v) is 15.0. The zero-order chi connectivity index (χ0) is 15.0. The number of aromatic nitrogens is 2. The van der Waals surface area contributed by atoms with Crippen molar-refractivity contribution >= 4 is 15.9 Å². The summed E-state index contributed by atoms with van der Waals surface area (Å²) in [7, 11) is 0. The van der Waals surface area contributed by atoms with Crippen LogP contribution in [0.25, 0.3) is 0 Å². The largest absolute Gasteiger partial charge is 0.311 e. The molecule has 1 aliphatic carbocycles. The van der Waals surface area contributed by atoms with Gasteiger partial charge in [0.05, 0.1) is 15.9 Å². The van der Waals surface area contributed by atoms with E-state index >= 15 is 0 Å². The van der Waals surface area contributed by atoms with E-state index in [0.717, 1.165) is 31.9 Å². The molecule has 1 aromatic rings. The average molecular weight is 355 g/mol. The first-order valence-corrected chi connectivity index (χ1v) is 9.05. The van der Waals surface area contributed by atoms with E-state index in [1.807, 2.05) is 0 Å². The number of nitrogens with one attached hydrogen (secondary N) is 1. The van der Waals surface area contributed by atoms with Crippen LogP contribution >= 0.6 is 15.9 Å². The molecule has 1 saturated heterocycles. The molecule has 2 heterocycles. The van der Waals surface area contributed by atoms with Crippen LogP contribution in [0.2, 0.25) is 0 Å². The molecule has 1 spiro atoms. The predicted molar refractivity (Wildman–Crippen MR) is 89.4 cm³/mol. The Labute approximate surface area is 136 Å². The lowest BCUT2D eigenvalue weighted by Gasteiger charge is -2.47. The normalized spacial score (nSPS) is 25.8. The van der Waals surface area contributed by atoms with E-state index in [4.69, 9.17) is 0 Å². The molecule has 1 atom stereocenters. The summed E-state index contributed by atoms with van der Waals surface area (Å²) >= 11 is 3.76. The van der Waals surface area contributed by atoms with E-state index in [0.29, 0.717) is 11.6 Å². The highest BCUT2D eigenvalue weighted by molar-refractivity contribution is 9.10. The van der Waals surface area contributed by atoms with Gasteiger partial charge in [0.15, 0.2) is 0 Å². The van der Waals surface area contributed by atoms with Gasteiger partial charge >= 0.3 is 0 Å². The van der Waals surface area contributed by atoms with Gasteiger partial charge in [-0.05, 0) is 49.5 Å². The van der Waals surface area contributed by atoms with Crippen LogP contribution in [0.3, 0.4) is 0 Å². The SMILES string of the molecule is CCn1nc(C)c(Br)c1CN1CC(C)NCC12CCCC2. The van der Waals surface area contributed by atoms with Gasteiger partial charge < -0.3 is 5.32 Å². The smallest absolute Gasteiger partial charge is 0.0739 e. The molecule has 5 heteroatoms. The molecule has 1 N–H and O–H groups in total. The molecule has 4 nitrogen and oxygen atoms in total. The molecule has 0 amide bonds. The Kier molecular flexibility index (Phi) is 4.44. The molecule has 1 unspecified atom stereocenters. The Morgan fingerprint density at radius 3 is 2.76 bits per heavy atom. The Bertz CT molecular complexity index is 505. The van der Waals surface area contributed by atoms with Gasteiger partial charge in [-0.25, -0.2) is 0 Å². The number of nitrogens with zero attached hydrogens (tertiary/aromatic N) is 3. The molecule has 1 saturated carbocycles. The molecular weight excluding hydrogens is 328 g/mol. The van der Waals surface area contributed by atoms with Gasteiger partial charge in [-0.1, -0.05) is 12.8 Å². The third-order valence-corrected chi connectivity index (χ3v) is 6.30. The molecule has 3 rings (SSSR count). The number of piperazine rings is 1. The zero-order valence-electron chi connectivity index (χ0n) is 13.5. The van der Waals surface area contributed by atoms with Gasteiger partial charge in [0.25, 0.3) is 0 Å². The first-order valence-electron chi connectivity index (χ1n) is 8.26. The lowest BCUT2D eigenvalue weighted by Crippen LogP contribution is -2.62. The molecule has 118 valence electrons. The fourth-order valence-electron chi connectivity index (χ4n) is 4.02. The van der Waals surface area contributed by atoms with Gasteiger partial charge in [-0.3, -0.25) is 9.58 Å². The summed E-state index contributed by atoms with van der Waals surface area (Å²) in [4.78, 5) is 2.73. The van der Waals surface area contributed by atoms with E-state index in [1.165, 1.54) is 35.8 Å². The van der Waals surface area contributed by atoms with E-state index in [1.54, 1.807) is 0 Å². The molecule has 1 aliphatic heterocycles. The lowest BCUT2D eigenvalue weighted by molar-refractivity contribution is 0.0368. The maximum absolute atomic E-state index is 4.66. The van der Waals surface area contributed by atoms with Crippen LogP contribution in [0.5, 0.6) is 0 Å². The van der Waals surface area contributed by atoms with E-state index in [-0.39, 0.29) is 0 Å². The molecule has 1 aromatic heterocycles. The number of rotatable bonds is 3. The van der Waals surface area contributed by atoms with Crippen molar-refractivity contribution in [2.45, 2.75) is 71.1 Å². The van der Waals surface area contributed by atoms with Crippen LogP contribution in [-0.2, 0) is 13.1 Å². The van der Waals surface area contributed by atoms with Gasteiger partial charge in [-0.15, -0.1) is 0 Å². The second-order valence-corrected chi connectivity index (χ2v) is 7.55. The first-order chi connectivity index (χ1) is 10.1. The Balaban J connectivity index is 1.87. The van der Waals surface area contributed by atoms with Crippen molar-refractivity contribution in [3.63, 3.8) is 0 Å². The van der Waals surface area contributed by atoms with Crippen LogP contribution in [0.15, 0.2) is 4.47 Å². The van der Waals surface area contributed by atoms with Crippen molar-refractivity contribution < 1.29 is 0 Å². The number of hydrogen-bond acceptors (Lipinski definition) is 3. The number of aryl methyl sites for hydroxylation is 2. The quantitative estimate of drug-likeness (QED) is 0.905. The van der Waals surface area contributed by atoms with Crippen molar-refractivity contribution in [3.05, 3.63) is 15.9 Å². The van der Waals surface area contributed by atoms with Gasteiger partial charge in [0, 0.05) is 37.8 Å². The third kappa shape index (κ3) is 2.80. The van der Waals surface area contributed by atoms with Crippen molar-refractivity contribution in [1.29, 1.82) is 0 Å². The van der Waals surface area contributed by atoms with E-state index in [9.17, 15) is 0 Å². The second-order valence-electron chi connectivity index (χ2n) is 6.76. The highest BCUT2D eigenvalue weighted by atomic mass is 79.9. The Hall–Kier alpha value is -0.390. The minimum absolute atomic E-state index is 0.378. The molecule has 2 fully saturated rings. The maximum atomic E-state index is 4.66. The van der Waals surface area contributed by atoms with Crippen molar-refractivity contribution in [2.75, 3.05) is 13.1 Å². The van der Waals surface area contributed by atoms with Crippen LogP contribution in [0.1, 0.15) is 50.9 Å². The van der Waals surface area contributed by atoms with Gasteiger partial charge in [-0.2, -0.15) is 5.10 Å². The molecule has 0 bridgehead atoms. The third-order valence-electron chi connectivity index (χ3n) is 5.27. The van der Waals surface area contributed by atoms with E-state index in [2.05, 4.69) is 56.7 Å². The standard InChI is InChI=1S/C16H27BrN4/c1-4-21-14(15(17)13(3)19-21)10-20-9-12(2)18-11-16(20)7-5-6-8-16/h12,18H,4-11H2,1-3H3. The van der Waals surface area contributed by atoms with Crippen molar-refractivity contribution in [2.24, 2.45) is 0 Å². The molecular formula is C16H27BrN4. The fourth-order valence-corrected chi connectivity index (χ4v) is 4.43. The lowest BCUT2D eigenvalue weighted by atomic mass is 9.91. The number of halogens is 1.